The Morgan fingerprint density at radius 3 is 1.50 bits per heavy atom. The minimum absolute atomic E-state index is 0.899. The number of furan rings is 1. The summed E-state index contributed by atoms with van der Waals surface area (Å²) in [4.78, 5) is 2.37. The molecule has 10 rings (SSSR count). The second-order valence-corrected chi connectivity index (χ2v) is 13.7. The van der Waals surface area contributed by atoms with Gasteiger partial charge in [0.25, 0.3) is 0 Å². The zero-order chi connectivity index (χ0) is 35.8. The highest BCUT2D eigenvalue weighted by molar-refractivity contribution is 6.19. The van der Waals surface area contributed by atoms with Crippen LogP contribution in [0.2, 0.25) is 0 Å². The number of anilines is 3. The second kappa shape index (κ2) is 13.4. The first-order chi connectivity index (χ1) is 26.8. The van der Waals surface area contributed by atoms with Crippen LogP contribution < -0.4 is 4.90 Å². The van der Waals surface area contributed by atoms with Crippen molar-refractivity contribution < 1.29 is 4.42 Å². The summed E-state index contributed by atoms with van der Waals surface area (Å²) in [5.74, 6) is 0. The van der Waals surface area contributed by atoms with Crippen LogP contribution in [0.3, 0.4) is 0 Å². The molecule has 0 aliphatic carbocycles. The van der Waals surface area contributed by atoms with Crippen molar-refractivity contribution in [2.24, 2.45) is 0 Å². The van der Waals surface area contributed by atoms with Crippen LogP contribution in [0.1, 0.15) is 0 Å². The number of nitrogens with zero attached hydrogens (tertiary/aromatic N) is 1. The SMILES string of the molecule is c1ccc(-c2ccc(-c3ccc(N(c4ccc(-c5cccc6oc7c8ccccc8ccc7c56)cc4)c4ccccc4-c4ccccc4)cc3)cc2)cc1. The number of para-hydroxylation sites is 1. The largest absolute Gasteiger partial charge is 0.455 e. The van der Waals surface area contributed by atoms with Gasteiger partial charge in [0.2, 0.25) is 0 Å². The van der Waals surface area contributed by atoms with E-state index in [1.54, 1.807) is 0 Å². The Bertz CT molecular complexity index is 2890. The van der Waals surface area contributed by atoms with E-state index in [0.29, 0.717) is 0 Å². The van der Waals surface area contributed by atoms with Gasteiger partial charge in [-0.15, -0.1) is 0 Å². The maximum absolute atomic E-state index is 6.52. The highest BCUT2D eigenvalue weighted by atomic mass is 16.3. The van der Waals surface area contributed by atoms with Gasteiger partial charge in [0.1, 0.15) is 11.2 Å². The van der Waals surface area contributed by atoms with Gasteiger partial charge in [0.05, 0.1) is 5.69 Å². The molecule has 0 fully saturated rings. The number of hydrogen-bond acceptors (Lipinski definition) is 2. The first kappa shape index (κ1) is 31.6. The lowest BCUT2D eigenvalue weighted by atomic mass is 9.97. The molecule has 0 aliphatic rings. The van der Waals surface area contributed by atoms with Crippen LogP contribution in [-0.4, -0.2) is 0 Å². The Kier molecular flexibility index (Phi) is 7.85. The van der Waals surface area contributed by atoms with E-state index in [0.717, 1.165) is 55.5 Å². The zero-order valence-electron chi connectivity index (χ0n) is 29.6. The fraction of sp³-hybridized carbons (Fsp3) is 0. The van der Waals surface area contributed by atoms with Crippen LogP contribution in [0.25, 0.3) is 77.2 Å². The molecule has 54 heavy (non-hydrogen) atoms. The highest BCUT2D eigenvalue weighted by Crippen LogP contribution is 2.43. The third-order valence-corrected chi connectivity index (χ3v) is 10.5. The lowest BCUT2D eigenvalue weighted by molar-refractivity contribution is 0.673. The number of rotatable bonds is 7. The monoisotopic (exact) mass is 689 g/mol. The van der Waals surface area contributed by atoms with Gasteiger partial charge < -0.3 is 9.32 Å². The van der Waals surface area contributed by atoms with Crippen molar-refractivity contribution in [3.8, 4) is 44.5 Å². The quantitative estimate of drug-likeness (QED) is 0.166. The van der Waals surface area contributed by atoms with Crippen molar-refractivity contribution in [2.75, 3.05) is 4.90 Å². The lowest BCUT2D eigenvalue weighted by Crippen LogP contribution is -2.11. The van der Waals surface area contributed by atoms with Crippen LogP contribution >= 0.6 is 0 Å². The van der Waals surface area contributed by atoms with Gasteiger partial charge in [-0.25, -0.2) is 0 Å². The molecule has 0 N–H and O–H groups in total. The number of benzene rings is 9. The molecule has 2 nitrogen and oxygen atoms in total. The molecule has 2 heteroatoms. The molecular formula is C52H35NO. The second-order valence-electron chi connectivity index (χ2n) is 13.7. The topological polar surface area (TPSA) is 16.4 Å². The average Bonchev–Trinajstić information content (AvgIpc) is 3.65. The Balaban J connectivity index is 1.06. The molecule has 10 aromatic rings. The predicted molar refractivity (Wildman–Crippen MR) is 228 cm³/mol. The molecular weight excluding hydrogens is 655 g/mol. The van der Waals surface area contributed by atoms with Gasteiger partial charge in [-0.1, -0.05) is 170 Å². The van der Waals surface area contributed by atoms with Crippen molar-refractivity contribution in [3.63, 3.8) is 0 Å². The molecule has 0 atom stereocenters. The normalized spacial score (nSPS) is 11.3. The van der Waals surface area contributed by atoms with E-state index in [9.17, 15) is 0 Å². The third kappa shape index (κ3) is 5.62. The summed E-state index contributed by atoms with van der Waals surface area (Å²) in [6.45, 7) is 0. The molecule has 0 radical (unpaired) electrons. The molecule has 1 aromatic heterocycles. The van der Waals surface area contributed by atoms with Crippen LogP contribution in [0.15, 0.2) is 217 Å². The molecule has 9 aromatic carbocycles. The smallest absolute Gasteiger partial charge is 0.143 e. The van der Waals surface area contributed by atoms with E-state index in [4.69, 9.17) is 4.42 Å². The van der Waals surface area contributed by atoms with Crippen molar-refractivity contribution in [3.05, 3.63) is 212 Å². The molecule has 0 unspecified atom stereocenters. The Morgan fingerprint density at radius 2 is 0.815 bits per heavy atom. The fourth-order valence-electron chi connectivity index (χ4n) is 7.83. The molecule has 0 bridgehead atoms. The van der Waals surface area contributed by atoms with Gasteiger partial charge in [-0.3, -0.25) is 0 Å². The fourth-order valence-corrected chi connectivity index (χ4v) is 7.83. The summed E-state index contributed by atoms with van der Waals surface area (Å²) in [5.41, 5.74) is 14.6. The van der Waals surface area contributed by atoms with Crippen LogP contribution in [0.5, 0.6) is 0 Å². The van der Waals surface area contributed by atoms with Crippen molar-refractivity contribution in [2.45, 2.75) is 0 Å². The number of fused-ring (bicyclic) bond motifs is 5. The maximum Gasteiger partial charge on any atom is 0.143 e. The van der Waals surface area contributed by atoms with Gasteiger partial charge in [0, 0.05) is 33.1 Å². The summed E-state index contributed by atoms with van der Waals surface area (Å²) < 4.78 is 6.52. The Morgan fingerprint density at radius 1 is 0.315 bits per heavy atom. The standard InChI is InChI=1S/C52H35NO/c1-3-12-36(13-4-1)37-22-24-38(25-23-37)39-26-31-43(32-27-39)53(49-20-10-9-17-45(49)40-14-5-2-6-15-40)44-33-28-42(29-34-44)46-19-11-21-50-51(46)48-35-30-41-16-7-8-18-47(41)52(48)54-50/h1-35H. The molecule has 0 saturated carbocycles. The summed E-state index contributed by atoms with van der Waals surface area (Å²) in [6, 6.07) is 75.8. The molecule has 0 aliphatic heterocycles. The first-order valence-electron chi connectivity index (χ1n) is 18.4. The summed E-state index contributed by atoms with van der Waals surface area (Å²) in [6.07, 6.45) is 0. The minimum Gasteiger partial charge on any atom is -0.455 e. The molecule has 254 valence electrons. The van der Waals surface area contributed by atoms with Crippen molar-refractivity contribution in [1.29, 1.82) is 0 Å². The van der Waals surface area contributed by atoms with E-state index in [1.807, 2.05) is 0 Å². The number of hydrogen-bond donors (Lipinski definition) is 0. The predicted octanol–water partition coefficient (Wildman–Crippen LogP) is 14.9. The van der Waals surface area contributed by atoms with Gasteiger partial charge in [-0.05, 0) is 86.8 Å². The minimum atomic E-state index is 0.899. The summed E-state index contributed by atoms with van der Waals surface area (Å²) in [5, 5.41) is 4.59. The lowest BCUT2D eigenvalue weighted by Gasteiger charge is -2.28. The molecule has 0 saturated heterocycles. The maximum atomic E-state index is 6.52. The van der Waals surface area contributed by atoms with E-state index < -0.39 is 0 Å². The van der Waals surface area contributed by atoms with Gasteiger partial charge in [0.15, 0.2) is 0 Å². The van der Waals surface area contributed by atoms with Gasteiger partial charge >= 0.3 is 0 Å². The van der Waals surface area contributed by atoms with Crippen LogP contribution in [0, 0.1) is 0 Å². The van der Waals surface area contributed by atoms with E-state index in [1.165, 1.54) is 38.8 Å². The molecule has 0 amide bonds. The summed E-state index contributed by atoms with van der Waals surface area (Å²) in [7, 11) is 0. The Labute approximate surface area is 314 Å². The Hall–Kier alpha value is -7.16. The van der Waals surface area contributed by atoms with Crippen molar-refractivity contribution >= 4 is 49.8 Å². The van der Waals surface area contributed by atoms with E-state index >= 15 is 0 Å². The third-order valence-electron chi connectivity index (χ3n) is 10.5. The van der Waals surface area contributed by atoms with E-state index in [-0.39, 0.29) is 0 Å². The molecule has 1 heterocycles. The highest BCUT2D eigenvalue weighted by Gasteiger charge is 2.19. The van der Waals surface area contributed by atoms with Crippen LogP contribution in [0.4, 0.5) is 17.1 Å². The zero-order valence-corrected chi connectivity index (χ0v) is 29.6. The average molecular weight is 690 g/mol. The van der Waals surface area contributed by atoms with Crippen molar-refractivity contribution in [1.82, 2.24) is 0 Å². The van der Waals surface area contributed by atoms with Crippen LogP contribution in [-0.2, 0) is 0 Å². The van der Waals surface area contributed by atoms with Gasteiger partial charge in [-0.2, -0.15) is 0 Å². The van der Waals surface area contributed by atoms with E-state index in [2.05, 4.69) is 217 Å². The first-order valence-corrected chi connectivity index (χ1v) is 18.4. The summed E-state index contributed by atoms with van der Waals surface area (Å²) >= 11 is 0. The molecule has 0 spiro atoms.